The van der Waals surface area contributed by atoms with E-state index in [4.69, 9.17) is 9.52 Å². The minimum Gasteiger partial charge on any atom is -0.412 e. The average Bonchev–Trinajstić information content (AvgIpc) is 3.14. The van der Waals surface area contributed by atoms with E-state index in [9.17, 15) is 0 Å². The van der Waals surface area contributed by atoms with E-state index in [2.05, 4.69) is 90.0 Å². The fourth-order valence-electron chi connectivity index (χ4n) is 5.85. The predicted octanol–water partition coefficient (Wildman–Crippen LogP) is 5.76. The summed E-state index contributed by atoms with van der Waals surface area (Å²) in [4.78, 5) is 0. The lowest BCUT2D eigenvalue weighted by molar-refractivity contribution is -0.718. The molecule has 160 valence electrons. The summed E-state index contributed by atoms with van der Waals surface area (Å²) in [6.07, 6.45) is 4.36. The molecule has 0 fully saturated rings. The normalized spacial score (nSPS) is 17.0. The van der Waals surface area contributed by atoms with E-state index in [1.165, 1.54) is 28.2 Å². The summed E-state index contributed by atoms with van der Waals surface area (Å²) in [5, 5.41) is 4.95. The molecule has 5 heteroatoms. The van der Waals surface area contributed by atoms with Crippen molar-refractivity contribution in [2.24, 2.45) is 0 Å². The molecular formula is C24H40N3OSi+. The molecule has 2 heterocycles. The highest BCUT2D eigenvalue weighted by Gasteiger charge is 2.46. The number of aromatic nitrogens is 3. The number of nitrogens with zero attached hydrogens (tertiary/aromatic N) is 3. The summed E-state index contributed by atoms with van der Waals surface area (Å²) < 4.78 is 11.4. The Kier molecular flexibility index (Phi) is 6.40. The van der Waals surface area contributed by atoms with Crippen LogP contribution in [0.1, 0.15) is 76.5 Å². The fourth-order valence-corrected chi connectivity index (χ4v) is 11.3. The molecule has 0 saturated heterocycles. The van der Waals surface area contributed by atoms with Gasteiger partial charge in [0.1, 0.15) is 11.7 Å². The third-order valence-corrected chi connectivity index (χ3v) is 13.0. The molecule has 0 radical (unpaired) electrons. The van der Waals surface area contributed by atoms with Gasteiger partial charge in [-0.05, 0) is 54.9 Å². The van der Waals surface area contributed by atoms with E-state index in [1.54, 1.807) is 0 Å². The summed E-state index contributed by atoms with van der Waals surface area (Å²) in [5.74, 6) is 1.18. The van der Waals surface area contributed by atoms with Crippen LogP contribution in [0.4, 0.5) is 0 Å². The van der Waals surface area contributed by atoms with E-state index in [0.717, 1.165) is 19.4 Å². The first-order chi connectivity index (χ1) is 13.6. The molecule has 0 amide bonds. The molecule has 0 N–H and O–H groups in total. The lowest BCUT2D eigenvalue weighted by Crippen LogP contribution is -2.50. The molecule has 0 spiro atoms. The van der Waals surface area contributed by atoms with Gasteiger partial charge in [-0.15, -0.1) is 0 Å². The minimum absolute atomic E-state index is 0.396. The van der Waals surface area contributed by atoms with Crippen molar-refractivity contribution in [1.82, 2.24) is 9.78 Å². The van der Waals surface area contributed by atoms with Gasteiger partial charge in [-0.3, -0.25) is 0 Å². The van der Waals surface area contributed by atoms with Gasteiger partial charge in [0, 0.05) is 11.5 Å². The highest BCUT2D eigenvalue weighted by molar-refractivity contribution is 6.77. The van der Waals surface area contributed by atoms with Crippen LogP contribution in [0.5, 0.6) is 0 Å². The Bertz CT molecular complexity index is 824. The Morgan fingerprint density at radius 2 is 1.59 bits per heavy atom. The van der Waals surface area contributed by atoms with Gasteiger partial charge in [-0.2, -0.15) is 0 Å². The van der Waals surface area contributed by atoms with E-state index in [1.807, 2.05) is 0 Å². The highest BCUT2D eigenvalue weighted by Crippen LogP contribution is 2.42. The van der Waals surface area contributed by atoms with Crippen molar-refractivity contribution in [3.63, 3.8) is 0 Å². The molecule has 0 aliphatic carbocycles. The van der Waals surface area contributed by atoms with Crippen molar-refractivity contribution in [2.75, 3.05) is 6.61 Å². The second-order valence-electron chi connectivity index (χ2n) is 9.95. The number of hydrogen-bond donors (Lipinski definition) is 0. The van der Waals surface area contributed by atoms with Crippen molar-refractivity contribution in [3.8, 4) is 5.69 Å². The molecule has 4 nitrogen and oxygen atoms in total. The van der Waals surface area contributed by atoms with Crippen LogP contribution in [-0.4, -0.2) is 24.7 Å². The van der Waals surface area contributed by atoms with Crippen molar-refractivity contribution in [1.29, 1.82) is 0 Å². The zero-order valence-corrected chi connectivity index (χ0v) is 20.9. The van der Waals surface area contributed by atoms with Crippen LogP contribution in [0.3, 0.4) is 0 Å². The van der Waals surface area contributed by atoms with Gasteiger partial charge in [-0.1, -0.05) is 63.9 Å². The lowest BCUT2D eigenvalue weighted by Gasteiger charge is -2.42. The summed E-state index contributed by atoms with van der Waals surface area (Å²) in [6.45, 7) is 21.5. The van der Waals surface area contributed by atoms with Gasteiger partial charge < -0.3 is 4.43 Å². The van der Waals surface area contributed by atoms with E-state index in [-0.39, 0.29) is 0 Å². The maximum absolute atomic E-state index is 6.91. The minimum atomic E-state index is -1.84. The number of hydrogen-bond acceptors (Lipinski definition) is 2. The van der Waals surface area contributed by atoms with Crippen LogP contribution in [0, 0.1) is 20.8 Å². The van der Waals surface area contributed by atoms with Gasteiger partial charge in [-0.25, -0.2) is 4.57 Å². The topological polar surface area (TPSA) is 30.9 Å². The Balaban J connectivity index is 1.86. The van der Waals surface area contributed by atoms with Crippen LogP contribution in [0.15, 0.2) is 18.5 Å². The average molecular weight is 415 g/mol. The van der Waals surface area contributed by atoms with Crippen molar-refractivity contribution in [2.45, 2.75) is 97.8 Å². The van der Waals surface area contributed by atoms with Gasteiger partial charge >= 0.3 is 0 Å². The van der Waals surface area contributed by atoms with Crippen LogP contribution in [0.25, 0.3) is 5.69 Å². The van der Waals surface area contributed by atoms with Crippen molar-refractivity contribution < 1.29 is 8.99 Å². The third kappa shape index (κ3) is 3.96. The summed E-state index contributed by atoms with van der Waals surface area (Å²) >= 11 is 0. The SMILES string of the molecule is Cc1cc(C)c(-n2c[n+]3c(n2)CC[C@H]3CO[Si](C(C)C)(C(C)C)C(C)C)c(C)c1. The summed E-state index contributed by atoms with van der Waals surface area (Å²) in [7, 11) is -1.84. The molecule has 0 saturated carbocycles. The molecule has 1 aliphatic heterocycles. The smallest absolute Gasteiger partial charge is 0.278 e. The molecular weight excluding hydrogens is 374 g/mol. The summed E-state index contributed by atoms with van der Waals surface area (Å²) in [6, 6.07) is 4.88. The van der Waals surface area contributed by atoms with Crippen LogP contribution >= 0.6 is 0 Å². The summed E-state index contributed by atoms with van der Waals surface area (Å²) in [5.41, 5.74) is 6.94. The van der Waals surface area contributed by atoms with Gasteiger partial charge in [0.25, 0.3) is 5.82 Å². The van der Waals surface area contributed by atoms with E-state index in [0.29, 0.717) is 22.7 Å². The monoisotopic (exact) mass is 414 g/mol. The zero-order valence-electron chi connectivity index (χ0n) is 19.9. The van der Waals surface area contributed by atoms with Crippen molar-refractivity contribution >= 4 is 8.32 Å². The second-order valence-corrected chi connectivity index (χ2v) is 15.4. The van der Waals surface area contributed by atoms with Crippen LogP contribution in [-0.2, 0) is 10.8 Å². The van der Waals surface area contributed by atoms with Crippen molar-refractivity contribution in [3.05, 3.63) is 41.0 Å². The molecule has 1 aromatic carbocycles. The van der Waals surface area contributed by atoms with Gasteiger partial charge in [0.05, 0.1) is 6.61 Å². The Morgan fingerprint density at radius 3 is 2.10 bits per heavy atom. The number of benzene rings is 1. The molecule has 0 bridgehead atoms. The van der Waals surface area contributed by atoms with Gasteiger partial charge in [0.15, 0.2) is 0 Å². The number of fused-ring (bicyclic) bond motifs is 1. The van der Waals surface area contributed by atoms with E-state index < -0.39 is 8.32 Å². The van der Waals surface area contributed by atoms with Gasteiger partial charge in [0.2, 0.25) is 14.6 Å². The number of aryl methyl sites for hydroxylation is 4. The van der Waals surface area contributed by atoms with E-state index >= 15 is 0 Å². The molecule has 2 aromatic rings. The third-order valence-electron chi connectivity index (χ3n) is 6.95. The highest BCUT2D eigenvalue weighted by atomic mass is 28.4. The number of rotatable bonds is 7. The first-order valence-electron chi connectivity index (χ1n) is 11.3. The van der Waals surface area contributed by atoms with Crippen LogP contribution in [0.2, 0.25) is 16.6 Å². The Hall–Kier alpha value is -1.46. The lowest BCUT2D eigenvalue weighted by atomic mass is 10.1. The Labute approximate surface area is 178 Å². The quantitative estimate of drug-likeness (QED) is 0.426. The Morgan fingerprint density at radius 1 is 1.03 bits per heavy atom. The maximum atomic E-state index is 6.91. The molecule has 1 atom stereocenters. The first kappa shape index (κ1) is 22.2. The second kappa shape index (κ2) is 8.35. The first-order valence-corrected chi connectivity index (χ1v) is 13.4. The molecule has 3 rings (SSSR count). The fraction of sp³-hybridized carbons (Fsp3) is 0.667. The largest absolute Gasteiger partial charge is 0.412 e. The standard InChI is InChI=1S/C24H40N3OSi/c1-16(2)29(17(3)4,18(5)6)28-14-22-10-11-23-25-27(15-26(22)23)24-20(8)12-19(7)13-21(24)9/h12-13,15-18,22H,10-11,14H2,1-9H3/q+1/t22-/m0/s1. The zero-order chi connectivity index (χ0) is 21.5. The maximum Gasteiger partial charge on any atom is 0.278 e. The molecule has 1 aliphatic rings. The molecule has 0 unspecified atom stereocenters. The molecule has 1 aromatic heterocycles. The molecule has 29 heavy (non-hydrogen) atoms. The predicted molar refractivity (Wildman–Crippen MR) is 122 cm³/mol. The van der Waals surface area contributed by atoms with Crippen LogP contribution < -0.4 is 4.57 Å².